The summed E-state index contributed by atoms with van der Waals surface area (Å²) in [4.78, 5) is 0. The zero-order valence-electron chi connectivity index (χ0n) is 25.3. The third kappa shape index (κ3) is 8.92. The molecule has 4 rings (SSSR count). The van der Waals surface area contributed by atoms with Gasteiger partial charge in [-0.3, -0.25) is 0 Å². The summed E-state index contributed by atoms with van der Waals surface area (Å²) in [7, 11) is 0. The second-order valence-corrected chi connectivity index (χ2v) is 12.2. The monoisotopic (exact) mass is 548 g/mol. The Morgan fingerprint density at radius 2 is 1.00 bits per heavy atom. The minimum Gasteiger partial charge on any atom is -0.373 e. The van der Waals surface area contributed by atoms with Crippen LogP contribution in [0.1, 0.15) is 113 Å². The van der Waals surface area contributed by atoms with E-state index in [2.05, 4.69) is 62.4 Å². The van der Waals surface area contributed by atoms with E-state index in [0.717, 1.165) is 11.8 Å². The topological polar surface area (TPSA) is 56.8 Å². The maximum Gasteiger partial charge on any atom is 0.0991 e. The summed E-state index contributed by atoms with van der Waals surface area (Å²) in [5.41, 5.74) is 6.64. The van der Waals surface area contributed by atoms with Crippen LogP contribution in [0.3, 0.4) is 0 Å². The molecule has 0 heterocycles. The number of allylic oxidation sites excluding steroid dienone is 2. The molecular weight excluding hydrogens is 500 g/mol. The number of hydrogen-bond donors (Lipinski definition) is 0. The van der Waals surface area contributed by atoms with Gasteiger partial charge in [-0.2, -0.15) is 10.5 Å². The molecule has 3 heteroatoms. The van der Waals surface area contributed by atoms with E-state index in [1.54, 1.807) is 0 Å². The molecule has 0 radical (unpaired) electrons. The molecule has 216 valence electrons. The second-order valence-electron chi connectivity index (χ2n) is 12.2. The Labute approximate surface area is 248 Å². The Bertz CT molecular complexity index is 1110. The lowest BCUT2D eigenvalue weighted by Crippen LogP contribution is -2.16. The van der Waals surface area contributed by atoms with Crippen molar-refractivity contribution in [1.29, 1.82) is 10.5 Å². The molecule has 0 amide bonds. The van der Waals surface area contributed by atoms with Crippen molar-refractivity contribution in [3.05, 3.63) is 82.9 Å². The number of rotatable bonds is 12. The summed E-state index contributed by atoms with van der Waals surface area (Å²) >= 11 is 0. The number of ether oxygens (including phenoxy) is 1. The fourth-order valence-corrected chi connectivity index (χ4v) is 7.22. The van der Waals surface area contributed by atoms with Crippen LogP contribution in [-0.2, 0) is 4.74 Å². The predicted molar refractivity (Wildman–Crippen MR) is 170 cm³/mol. The molecule has 0 atom stereocenters. The van der Waals surface area contributed by atoms with Gasteiger partial charge in [0, 0.05) is 0 Å². The molecule has 2 saturated carbocycles. The number of hydrogen-bond acceptors (Lipinski definition) is 3. The summed E-state index contributed by atoms with van der Waals surface area (Å²) in [6.45, 7) is 5.77. The molecule has 2 aliphatic rings. The smallest absolute Gasteiger partial charge is 0.0991 e. The van der Waals surface area contributed by atoms with Crippen molar-refractivity contribution in [2.75, 3.05) is 13.2 Å². The van der Waals surface area contributed by atoms with Crippen molar-refractivity contribution in [2.24, 2.45) is 23.7 Å². The Morgan fingerprint density at radius 1 is 0.634 bits per heavy atom. The van der Waals surface area contributed by atoms with Crippen LogP contribution in [0.4, 0.5) is 0 Å². The average molecular weight is 549 g/mol. The highest BCUT2D eigenvalue weighted by Gasteiger charge is 2.25. The molecule has 2 fully saturated rings. The number of nitrogens with zero attached hydrogens (tertiary/aromatic N) is 2. The van der Waals surface area contributed by atoms with E-state index in [9.17, 15) is 10.5 Å². The van der Waals surface area contributed by atoms with Gasteiger partial charge >= 0.3 is 0 Å². The van der Waals surface area contributed by atoms with Gasteiger partial charge in [0.15, 0.2) is 0 Å². The van der Waals surface area contributed by atoms with Crippen molar-refractivity contribution in [2.45, 2.75) is 90.9 Å². The molecule has 2 aromatic carbocycles. The van der Waals surface area contributed by atoms with Crippen LogP contribution in [0.5, 0.6) is 0 Å². The van der Waals surface area contributed by atoms with E-state index in [-0.39, 0.29) is 0 Å². The van der Waals surface area contributed by atoms with Gasteiger partial charge in [0.05, 0.1) is 36.5 Å². The van der Waals surface area contributed by atoms with Crippen LogP contribution >= 0.6 is 0 Å². The van der Waals surface area contributed by atoms with Gasteiger partial charge in [-0.25, -0.2) is 0 Å². The van der Waals surface area contributed by atoms with Crippen LogP contribution in [0.25, 0.3) is 11.1 Å². The van der Waals surface area contributed by atoms with Gasteiger partial charge in [0.25, 0.3) is 0 Å². The predicted octanol–water partition coefficient (Wildman–Crippen LogP) is 10.1. The molecule has 0 aromatic heterocycles. The molecule has 0 unspecified atom stereocenters. The van der Waals surface area contributed by atoms with Gasteiger partial charge in [-0.1, -0.05) is 75.9 Å². The van der Waals surface area contributed by atoms with Crippen LogP contribution in [-0.4, -0.2) is 13.2 Å². The van der Waals surface area contributed by atoms with Gasteiger partial charge in [-0.05, 0) is 122 Å². The van der Waals surface area contributed by atoms with Gasteiger partial charge in [-0.15, -0.1) is 0 Å². The van der Waals surface area contributed by atoms with Gasteiger partial charge in [0.1, 0.15) is 0 Å². The molecule has 0 spiro atoms. The highest BCUT2D eigenvalue weighted by atomic mass is 16.5. The Morgan fingerprint density at radius 3 is 1.32 bits per heavy atom. The first-order valence-electron chi connectivity index (χ1n) is 16.1. The van der Waals surface area contributed by atoms with E-state index < -0.39 is 0 Å². The van der Waals surface area contributed by atoms with Crippen molar-refractivity contribution >= 4 is 11.1 Å². The van der Waals surface area contributed by atoms with E-state index in [0.29, 0.717) is 36.2 Å². The van der Waals surface area contributed by atoms with Crippen LogP contribution in [0, 0.1) is 46.3 Å². The number of nitriles is 2. The van der Waals surface area contributed by atoms with Crippen LogP contribution in [0.2, 0.25) is 0 Å². The molecule has 2 aliphatic carbocycles. The quantitative estimate of drug-likeness (QED) is 0.248. The normalized spacial score (nSPS) is 23.5. The molecule has 0 N–H and O–H groups in total. The maximum atomic E-state index is 9.28. The summed E-state index contributed by atoms with van der Waals surface area (Å²) in [5.74, 6) is 2.86. The molecule has 3 nitrogen and oxygen atoms in total. The Hall–Kier alpha value is -3.14. The fraction of sp³-hybridized carbons (Fsp3) is 0.526. The maximum absolute atomic E-state index is 9.28. The summed E-state index contributed by atoms with van der Waals surface area (Å²) < 4.78 is 6.27. The van der Waals surface area contributed by atoms with Crippen molar-refractivity contribution < 1.29 is 4.74 Å². The molecular formula is C38H48N2O. The van der Waals surface area contributed by atoms with E-state index in [1.807, 2.05) is 24.3 Å². The van der Waals surface area contributed by atoms with Crippen molar-refractivity contribution in [1.82, 2.24) is 0 Å². The first-order chi connectivity index (χ1) is 20.1. The minimum absolute atomic E-state index is 0.558. The standard InChI is InChI=1S/C38H48N2O/c1-3-5-29-7-15-33(16-8-29)37(35-19-11-31(27-39)12-20-35)23-25-41-26-24-38(36-21-13-32(28-40)14-22-36)34-17-9-30(6-4-2)10-18-34/h11-14,19-24,29-30,33-34H,3-10,15-18,25-26H2,1-2H3/t29-,30-,33-,34-. The average Bonchev–Trinajstić information content (AvgIpc) is 3.02. The first kappa shape index (κ1) is 30.8. The lowest BCUT2D eigenvalue weighted by Gasteiger charge is -2.30. The summed E-state index contributed by atoms with van der Waals surface area (Å²) in [6.07, 6.45) is 20.0. The first-order valence-corrected chi connectivity index (χ1v) is 16.1. The SMILES string of the molecule is CCC[C@H]1CC[C@H](C(=CCOCC=C(c2ccc(C#N)cc2)[C@H]2CC[C@H](CCC)CC2)c2ccc(C#N)cc2)CC1. The van der Waals surface area contributed by atoms with Crippen molar-refractivity contribution in [3.63, 3.8) is 0 Å². The molecule has 0 saturated heterocycles. The van der Waals surface area contributed by atoms with E-state index >= 15 is 0 Å². The van der Waals surface area contributed by atoms with Crippen LogP contribution in [0.15, 0.2) is 60.7 Å². The Kier molecular flexibility index (Phi) is 12.3. The minimum atomic E-state index is 0.558. The second kappa shape index (κ2) is 16.3. The summed E-state index contributed by atoms with van der Waals surface area (Å²) in [5, 5.41) is 18.6. The third-order valence-corrected chi connectivity index (χ3v) is 9.50. The van der Waals surface area contributed by atoms with Gasteiger partial charge in [0.2, 0.25) is 0 Å². The highest BCUT2D eigenvalue weighted by molar-refractivity contribution is 5.69. The zero-order chi connectivity index (χ0) is 28.9. The lowest BCUT2D eigenvalue weighted by atomic mass is 9.75. The molecule has 0 aliphatic heterocycles. The lowest BCUT2D eigenvalue weighted by molar-refractivity contribution is 0.193. The van der Waals surface area contributed by atoms with Crippen LogP contribution < -0.4 is 0 Å². The molecule has 41 heavy (non-hydrogen) atoms. The third-order valence-electron chi connectivity index (χ3n) is 9.50. The van der Waals surface area contributed by atoms with E-state index in [4.69, 9.17) is 4.74 Å². The van der Waals surface area contributed by atoms with E-state index in [1.165, 1.54) is 99.3 Å². The molecule has 2 aromatic rings. The highest BCUT2D eigenvalue weighted by Crippen LogP contribution is 2.40. The fourth-order valence-electron chi connectivity index (χ4n) is 7.22. The number of benzene rings is 2. The molecule has 0 bridgehead atoms. The zero-order valence-corrected chi connectivity index (χ0v) is 25.3. The van der Waals surface area contributed by atoms with Gasteiger partial charge < -0.3 is 4.74 Å². The Balaban J connectivity index is 1.45. The van der Waals surface area contributed by atoms with Crippen molar-refractivity contribution in [3.8, 4) is 12.1 Å². The summed E-state index contributed by atoms with van der Waals surface area (Å²) in [6, 6.07) is 20.7. The largest absolute Gasteiger partial charge is 0.373 e.